The average molecular weight is 357 g/mol. The molecule has 1 saturated carbocycles. The Morgan fingerprint density at radius 3 is 2.46 bits per heavy atom. The summed E-state index contributed by atoms with van der Waals surface area (Å²) >= 11 is 0. The van der Waals surface area contributed by atoms with Gasteiger partial charge >= 0.3 is 0 Å². The minimum Gasteiger partial charge on any atom is -0.351 e. The van der Waals surface area contributed by atoms with Crippen LogP contribution in [0.5, 0.6) is 0 Å². The number of carbonyl (C=O) groups excluding carboxylic acids is 2. The van der Waals surface area contributed by atoms with Gasteiger partial charge in [0.25, 0.3) is 5.91 Å². The summed E-state index contributed by atoms with van der Waals surface area (Å²) in [5.74, 6) is -0.246. The molecular weight excluding hydrogens is 326 g/mol. The van der Waals surface area contributed by atoms with Gasteiger partial charge in [-0.15, -0.1) is 6.58 Å². The van der Waals surface area contributed by atoms with Crippen LogP contribution in [0.2, 0.25) is 0 Å². The van der Waals surface area contributed by atoms with Crippen molar-refractivity contribution < 1.29 is 9.59 Å². The van der Waals surface area contributed by atoms with Crippen LogP contribution in [-0.4, -0.2) is 39.8 Å². The third-order valence-electron chi connectivity index (χ3n) is 5.58. The highest BCUT2D eigenvalue weighted by atomic mass is 16.2. The monoisotopic (exact) mass is 357 g/mol. The van der Waals surface area contributed by atoms with Crippen molar-refractivity contribution in [2.24, 2.45) is 5.92 Å². The molecule has 1 aliphatic rings. The van der Waals surface area contributed by atoms with Crippen molar-refractivity contribution >= 4 is 11.8 Å². The molecule has 2 rings (SSSR count). The maximum Gasteiger partial charge on any atom is 0.255 e. The van der Waals surface area contributed by atoms with Gasteiger partial charge in [-0.1, -0.05) is 39.2 Å². The van der Waals surface area contributed by atoms with Crippen LogP contribution in [0.15, 0.2) is 37.2 Å². The van der Waals surface area contributed by atoms with E-state index in [0.29, 0.717) is 12.1 Å². The van der Waals surface area contributed by atoms with E-state index < -0.39 is 5.54 Å². The lowest BCUT2D eigenvalue weighted by atomic mass is 9.81. The third kappa shape index (κ3) is 4.14. The zero-order valence-electron chi connectivity index (χ0n) is 16.2. The number of amides is 2. The highest BCUT2D eigenvalue weighted by Crippen LogP contribution is 2.34. The molecule has 1 atom stereocenters. The van der Waals surface area contributed by atoms with E-state index in [1.165, 1.54) is 6.42 Å². The first-order chi connectivity index (χ1) is 12.4. The molecule has 1 heterocycles. The van der Waals surface area contributed by atoms with Gasteiger partial charge in [0.15, 0.2) is 0 Å². The Morgan fingerprint density at radius 1 is 1.31 bits per heavy atom. The van der Waals surface area contributed by atoms with Gasteiger partial charge < -0.3 is 10.2 Å². The lowest BCUT2D eigenvalue weighted by molar-refractivity contribution is -0.135. The van der Waals surface area contributed by atoms with Gasteiger partial charge in [-0.05, 0) is 37.8 Å². The predicted molar refractivity (Wildman–Crippen MR) is 104 cm³/mol. The lowest BCUT2D eigenvalue weighted by Crippen LogP contribution is -2.65. The minimum atomic E-state index is -0.925. The van der Waals surface area contributed by atoms with Crippen LogP contribution in [0.1, 0.15) is 63.2 Å². The van der Waals surface area contributed by atoms with Crippen LogP contribution in [0.3, 0.4) is 0 Å². The maximum absolute atomic E-state index is 13.5. The summed E-state index contributed by atoms with van der Waals surface area (Å²) in [4.78, 5) is 32.5. The van der Waals surface area contributed by atoms with Crippen LogP contribution >= 0.6 is 0 Å². The first kappa shape index (κ1) is 20.1. The van der Waals surface area contributed by atoms with E-state index in [0.717, 1.165) is 25.7 Å². The molecule has 1 fully saturated rings. The highest BCUT2D eigenvalue weighted by Gasteiger charge is 2.47. The van der Waals surface area contributed by atoms with E-state index >= 15 is 0 Å². The first-order valence-corrected chi connectivity index (χ1v) is 9.55. The summed E-state index contributed by atoms with van der Waals surface area (Å²) < 4.78 is 0. The maximum atomic E-state index is 13.5. The summed E-state index contributed by atoms with van der Waals surface area (Å²) in [6, 6.07) is 3.52. The fraction of sp³-hybridized carbons (Fsp3) is 0.571. The smallest absolute Gasteiger partial charge is 0.255 e. The van der Waals surface area contributed by atoms with E-state index in [1.807, 2.05) is 25.7 Å². The zero-order chi connectivity index (χ0) is 19.2. The Morgan fingerprint density at radius 2 is 1.92 bits per heavy atom. The molecule has 0 aliphatic heterocycles. The molecule has 142 valence electrons. The van der Waals surface area contributed by atoms with Crippen molar-refractivity contribution in [2.45, 2.75) is 64.5 Å². The molecule has 26 heavy (non-hydrogen) atoms. The Kier molecular flexibility index (Phi) is 6.95. The quantitative estimate of drug-likeness (QED) is 0.759. The van der Waals surface area contributed by atoms with Crippen molar-refractivity contribution in [2.75, 3.05) is 6.54 Å². The first-order valence-electron chi connectivity index (χ1n) is 9.55. The second kappa shape index (κ2) is 8.97. The second-order valence-corrected chi connectivity index (χ2v) is 7.50. The van der Waals surface area contributed by atoms with Crippen molar-refractivity contribution in [3.8, 4) is 0 Å². The number of nitrogens with one attached hydrogen (secondary N) is 1. The number of carbonyl (C=O) groups is 2. The Labute approximate surface area is 156 Å². The number of hydrogen-bond donors (Lipinski definition) is 1. The summed E-state index contributed by atoms with van der Waals surface area (Å²) in [6.45, 7) is 9.97. The molecule has 5 nitrogen and oxygen atoms in total. The molecule has 0 radical (unpaired) electrons. The molecule has 1 aromatic rings. The van der Waals surface area contributed by atoms with Crippen molar-refractivity contribution in [3.05, 3.63) is 42.7 Å². The third-order valence-corrected chi connectivity index (χ3v) is 5.58. The Hall–Kier alpha value is -2.17. The van der Waals surface area contributed by atoms with Crippen LogP contribution < -0.4 is 5.32 Å². The van der Waals surface area contributed by atoms with Crippen molar-refractivity contribution in [1.82, 2.24) is 15.2 Å². The number of nitrogens with zero attached hydrogens (tertiary/aromatic N) is 2. The van der Waals surface area contributed by atoms with Gasteiger partial charge in [-0.2, -0.15) is 0 Å². The molecular formula is C21H31N3O2. The van der Waals surface area contributed by atoms with E-state index in [4.69, 9.17) is 0 Å². The number of pyridine rings is 1. The van der Waals surface area contributed by atoms with Gasteiger partial charge in [0.1, 0.15) is 5.54 Å². The second-order valence-electron chi connectivity index (χ2n) is 7.50. The van der Waals surface area contributed by atoms with Crippen LogP contribution in [0.25, 0.3) is 0 Å². The topological polar surface area (TPSA) is 62.3 Å². The summed E-state index contributed by atoms with van der Waals surface area (Å²) in [5, 5.41) is 2.92. The van der Waals surface area contributed by atoms with E-state index in [1.54, 1.807) is 30.6 Å². The van der Waals surface area contributed by atoms with Crippen LogP contribution in [-0.2, 0) is 4.79 Å². The molecule has 1 N–H and O–H groups in total. The zero-order valence-corrected chi connectivity index (χ0v) is 16.2. The predicted octanol–water partition coefficient (Wildman–Crippen LogP) is 3.57. The summed E-state index contributed by atoms with van der Waals surface area (Å²) in [7, 11) is 0. The summed E-state index contributed by atoms with van der Waals surface area (Å²) in [6.07, 6.45) is 10.2. The molecule has 0 spiro atoms. The van der Waals surface area contributed by atoms with Crippen molar-refractivity contribution in [1.29, 1.82) is 0 Å². The van der Waals surface area contributed by atoms with Gasteiger partial charge in [-0.3, -0.25) is 14.6 Å². The van der Waals surface area contributed by atoms with Gasteiger partial charge in [0.05, 0.1) is 0 Å². The van der Waals surface area contributed by atoms with E-state index in [2.05, 4.69) is 16.9 Å². The molecule has 1 unspecified atom stereocenters. The fourth-order valence-corrected chi connectivity index (χ4v) is 3.72. The van der Waals surface area contributed by atoms with Crippen LogP contribution in [0.4, 0.5) is 0 Å². The van der Waals surface area contributed by atoms with Crippen molar-refractivity contribution in [3.63, 3.8) is 0 Å². The van der Waals surface area contributed by atoms with Gasteiger partial charge in [0.2, 0.25) is 5.91 Å². The molecule has 1 aromatic heterocycles. The lowest BCUT2D eigenvalue weighted by Gasteiger charge is -2.48. The average Bonchev–Trinajstić information content (AvgIpc) is 2.67. The van der Waals surface area contributed by atoms with Crippen LogP contribution in [0, 0.1) is 5.92 Å². The summed E-state index contributed by atoms with van der Waals surface area (Å²) in [5.41, 5.74) is -0.347. The SMILES string of the molecule is C=CCNC(=O)C(C)(C(C)C)N(C(=O)c1ccncc1)C1CCCCC1. The number of rotatable bonds is 7. The molecule has 0 aromatic carbocycles. The Bertz CT molecular complexity index is 623. The number of aromatic nitrogens is 1. The molecule has 2 amide bonds. The largest absolute Gasteiger partial charge is 0.351 e. The number of hydrogen-bond acceptors (Lipinski definition) is 3. The molecule has 1 aliphatic carbocycles. The fourth-order valence-electron chi connectivity index (χ4n) is 3.72. The molecule has 0 bridgehead atoms. The van der Waals surface area contributed by atoms with E-state index in [-0.39, 0.29) is 23.8 Å². The standard InChI is InChI=1S/C21H31N3O2/c1-5-13-23-20(26)21(4,16(2)3)24(18-9-7-6-8-10-18)19(25)17-11-14-22-15-12-17/h5,11-12,14-16,18H,1,6-10,13H2,2-4H3,(H,23,26). The minimum absolute atomic E-state index is 0.0278. The molecule has 5 heteroatoms. The van der Waals surface area contributed by atoms with E-state index in [9.17, 15) is 9.59 Å². The normalized spacial score (nSPS) is 17.4. The van der Waals surface area contributed by atoms with Gasteiger partial charge in [-0.25, -0.2) is 0 Å². The Balaban J connectivity index is 2.46. The van der Waals surface area contributed by atoms with Gasteiger partial charge in [0, 0.05) is 30.5 Å². The highest BCUT2D eigenvalue weighted by molar-refractivity contribution is 5.99. The molecule has 0 saturated heterocycles.